The number of benzene rings is 2. The smallest absolute Gasteiger partial charge is 0.127 e. The van der Waals surface area contributed by atoms with Crippen molar-refractivity contribution in [3.63, 3.8) is 0 Å². The molecule has 1 unspecified atom stereocenters. The zero-order chi connectivity index (χ0) is 14.7. The Morgan fingerprint density at radius 3 is 2.43 bits per heavy atom. The van der Waals surface area contributed by atoms with Crippen LogP contribution in [0.2, 0.25) is 0 Å². The van der Waals surface area contributed by atoms with Crippen LogP contribution in [0.4, 0.5) is 4.39 Å². The molecule has 0 spiro atoms. The van der Waals surface area contributed by atoms with Crippen molar-refractivity contribution in [3.05, 3.63) is 71.5 Å². The summed E-state index contributed by atoms with van der Waals surface area (Å²) in [5.41, 5.74) is 1.51. The van der Waals surface area contributed by atoms with Gasteiger partial charge in [-0.1, -0.05) is 48.5 Å². The highest BCUT2D eigenvalue weighted by molar-refractivity contribution is 5.35. The van der Waals surface area contributed by atoms with Gasteiger partial charge in [0, 0.05) is 12.0 Å². The van der Waals surface area contributed by atoms with E-state index in [1.807, 2.05) is 36.4 Å². The Labute approximate surface area is 124 Å². The highest BCUT2D eigenvalue weighted by Gasteiger charge is 2.33. The van der Waals surface area contributed by atoms with Crippen molar-refractivity contribution in [3.8, 4) is 0 Å². The summed E-state index contributed by atoms with van der Waals surface area (Å²) in [6.07, 6.45) is 1.35. The van der Waals surface area contributed by atoms with Crippen LogP contribution in [0.15, 0.2) is 54.6 Å². The van der Waals surface area contributed by atoms with Gasteiger partial charge in [-0.3, -0.25) is 0 Å². The van der Waals surface area contributed by atoms with Gasteiger partial charge < -0.3 is 10.4 Å². The zero-order valence-electron chi connectivity index (χ0n) is 11.9. The number of hydrogen-bond acceptors (Lipinski definition) is 2. The third kappa shape index (κ3) is 2.99. The fraction of sp³-hybridized carbons (Fsp3) is 0.333. The van der Waals surface area contributed by atoms with Gasteiger partial charge in [0.1, 0.15) is 5.82 Å². The van der Waals surface area contributed by atoms with Crippen LogP contribution in [0.1, 0.15) is 29.9 Å². The minimum atomic E-state index is -0.633. The number of rotatable bonds is 4. The average molecular weight is 285 g/mol. The third-order valence-electron chi connectivity index (χ3n) is 4.25. The number of aliphatic hydroxyl groups excluding tert-OH is 1. The summed E-state index contributed by atoms with van der Waals surface area (Å²) >= 11 is 0. The maximum Gasteiger partial charge on any atom is 0.127 e. The lowest BCUT2D eigenvalue weighted by molar-refractivity contribution is 0.118. The van der Waals surface area contributed by atoms with Crippen LogP contribution in [-0.2, 0) is 0 Å². The van der Waals surface area contributed by atoms with Crippen LogP contribution in [0.5, 0.6) is 0 Å². The van der Waals surface area contributed by atoms with Gasteiger partial charge in [0.05, 0.1) is 6.10 Å². The molecular weight excluding hydrogens is 265 g/mol. The van der Waals surface area contributed by atoms with E-state index < -0.39 is 6.10 Å². The SMILES string of the molecule is O[C@@H](C1CCCN1)[C@@H](c1ccccc1)c1ccccc1F. The highest BCUT2D eigenvalue weighted by Crippen LogP contribution is 2.33. The molecule has 3 heteroatoms. The minimum Gasteiger partial charge on any atom is -0.391 e. The van der Waals surface area contributed by atoms with Crippen LogP contribution < -0.4 is 5.32 Å². The van der Waals surface area contributed by atoms with E-state index in [1.54, 1.807) is 12.1 Å². The average Bonchev–Trinajstić information content (AvgIpc) is 3.05. The summed E-state index contributed by atoms with van der Waals surface area (Å²) in [4.78, 5) is 0. The molecular formula is C18H20FNO. The van der Waals surface area contributed by atoms with E-state index in [0.29, 0.717) is 5.56 Å². The zero-order valence-corrected chi connectivity index (χ0v) is 11.9. The fourth-order valence-electron chi connectivity index (χ4n) is 3.18. The van der Waals surface area contributed by atoms with E-state index in [9.17, 15) is 9.50 Å². The van der Waals surface area contributed by atoms with Gasteiger partial charge in [0.25, 0.3) is 0 Å². The molecule has 3 rings (SSSR count). The Bertz CT molecular complexity index is 581. The largest absolute Gasteiger partial charge is 0.391 e. The quantitative estimate of drug-likeness (QED) is 0.905. The Morgan fingerprint density at radius 2 is 1.76 bits per heavy atom. The lowest BCUT2D eigenvalue weighted by Gasteiger charge is -2.28. The van der Waals surface area contributed by atoms with Gasteiger partial charge in [-0.15, -0.1) is 0 Å². The van der Waals surface area contributed by atoms with Gasteiger partial charge in [0.2, 0.25) is 0 Å². The third-order valence-corrected chi connectivity index (χ3v) is 4.25. The molecule has 1 aliphatic rings. The van der Waals surface area contributed by atoms with Crippen molar-refractivity contribution >= 4 is 0 Å². The van der Waals surface area contributed by atoms with E-state index in [0.717, 1.165) is 24.9 Å². The predicted molar refractivity (Wildman–Crippen MR) is 81.7 cm³/mol. The minimum absolute atomic E-state index is 0.0230. The van der Waals surface area contributed by atoms with Crippen molar-refractivity contribution in [2.75, 3.05) is 6.54 Å². The Kier molecular flexibility index (Phi) is 4.32. The summed E-state index contributed by atoms with van der Waals surface area (Å²) in [7, 11) is 0. The summed E-state index contributed by atoms with van der Waals surface area (Å²) in [5.74, 6) is -0.605. The summed E-state index contributed by atoms with van der Waals surface area (Å²) in [5, 5.41) is 14.1. The van der Waals surface area contributed by atoms with E-state index >= 15 is 0 Å². The van der Waals surface area contributed by atoms with E-state index in [-0.39, 0.29) is 17.8 Å². The van der Waals surface area contributed by atoms with Crippen molar-refractivity contribution < 1.29 is 9.50 Å². The Balaban J connectivity index is 2.00. The van der Waals surface area contributed by atoms with Gasteiger partial charge in [-0.2, -0.15) is 0 Å². The fourth-order valence-corrected chi connectivity index (χ4v) is 3.18. The molecule has 0 aliphatic carbocycles. The lowest BCUT2D eigenvalue weighted by atomic mass is 9.83. The van der Waals surface area contributed by atoms with Crippen molar-refractivity contribution in [2.24, 2.45) is 0 Å². The first kappa shape index (κ1) is 14.2. The second-order valence-corrected chi connectivity index (χ2v) is 5.60. The van der Waals surface area contributed by atoms with Crippen molar-refractivity contribution in [2.45, 2.75) is 30.9 Å². The van der Waals surface area contributed by atoms with E-state index in [4.69, 9.17) is 0 Å². The molecule has 21 heavy (non-hydrogen) atoms. The molecule has 1 fully saturated rings. The molecule has 3 atom stereocenters. The first-order chi connectivity index (χ1) is 10.3. The molecule has 2 N–H and O–H groups in total. The molecule has 0 saturated carbocycles. The maximum atomic E-state index is 14.2. The molecule has 1 saturated heterocycles. The number of hydrogen-bond donors (Lipinski definition) is 2. The number of aliphatic hydroxyl groups is 1. The van der Waals surface area contributed by atoms with Gasteiger partial charge in [0.15, 0.2) is 0 Å². The molecule has 0 radical (unpaired) electrons. The summed E-state index contributed by atoms with van der Waals surface area (Å²) < 4.78 is 14.2. The van der Waals surface area contributed by atoms with Crippen LogP contribution in [0, 0.1) is 5.82 Å². The summed E-state index contributed by atoms with van der Waals surface area (Å²) in [6.45, 7) is 0.917. The van der Waals surface area contributed by atoms with Crippen molar-refractivity contribution in [1.29, 1.82) is 0 Å². The van der Waals surface area contributed by atoms with Crippen LogP contribution in [0.25, 0.3) is 0 Å². The lowest BCUT2D eigenvalue weighted by Crippen LogP contribution is -2.39. The molecule has 0 bridgehead atoms. The van der Waals surface area contributed by atoms with Crippen molar-refractivity contribution in [1.82, 2.24) is 5.32 Å². The monoisotopic (exact) mass is 285 g/mol. The molecule has 0 amide bonds. The predicted octanol–water partition coefficient (Wildman–Crippen LogP) is 3.07. The second-order valence-electron chi connectivity index (χ2n) is 5.60. The topological polar surface area (TPSA) is 32.3 Å². The van der Waals surface area contributed by atoms with Crippen LogP contribution in [0.3, 0.4) is 0 Å². The maximum absolute atomic E-state index is 14.2. The molecule has 2 aromatic rings. The first-order valence-electron chi connectivity index (χ1n) is 7.48. The molecule has 110 valence electrons. The Hall–Kier alpha value is -1.71. The van der Waals surface area contributed by atoms with Gasteiger partial charge in [-0.25, -0.2) is 4.39 Å². The molecule has 1 aliphatic heterocycles. The number of halogens is 1. The van der Waals surface area contributed by atoms with Crippen LogP contribution in [-0.4, -0.2) is 23.8 Å². The van der Waals surface area contributed by atoms with Crippen LogP contribution >= 0.6 is 0 Å². The first-order valence-corrected chi connectivity index (χ1v) is 7.48. The molecule has 2 aromatic carbocycles. The highest BCUT2D eigenvalue weighted by atomic mass is 19.1. The number of nitrogens with one attached hydrogen (secondary N) is 1. The normalized spacial score (nSPS) is 21.1. The van der Waals surface area contributed by atoms with E-state index in [1.165, 1.54) is 6.07 Å². The van der Waals surface area contributed by atoms with Gasteiger partial charge >= 0.3 is 0 Å². The standard InChI is InChI=1S/C18H20FNO/c19-15-10-5-4-9-14(15)17(13-7-2-1-3-8-13)18(21)16-11-6-12-20-16/h1-5,7-10,16-18,20-21H,6,11-12H2/t16?,17-,18-/m0/s1. The second kappa shape index (κ2) is 6.37. The molecule has 0 aromatic heterocycles. The van der Waals surface area contributed by atoms with Gasteiger partial charge in [-0.05, 0) is 36.6 Å². The van der Waals surface area contributed by atoms with E-state index in [2.05, 4.69) is 5.32 Å². The summed E-state index contributed by atoms with van der Waals surface area (Å²) in [6, 6.07) is 16.5. The molecule has 1 heterocycles. The molecule has 2 nitrogen and oxygen atoms in total. The Morgan fingerprint density at radius 1 is 1.05 bits per heavy atom.